The quantitative estimate of drug-likeness (QED) is 0.622. The van der Waals surface area contributed by atoms with Gasteiger partial charge < -0.3 is 15.4 Å². The summed E-state index contributed by atoms with van der Waals surface area (Å²) in [6.07, 6.45) is 0.751. The van der Waals surface area contributed by atoms with Crippen LogP contribution < -0.4 is 10.6 Å². The first-order chi connectivity index (χ1) is 9.52. The molecule has 0 aliphatic rings. The van der Waals surface area contributed by atoms with E-state index in [2.05, 4.69) is 10.6 Å². The first-order valence-corrected chi connectivity index (χ1v) is 6.49. The molecule has 110 valence electrons. The van der Waals surface area contributed by atoms with Crippen LogP contribution in [0.4, 0.5) is 14.9 Å². The number of halogens is 1. The molecule has 1 aromatic rings. The maximum Gasteiger partial charge on any atom is 0.319 e. The topological polar surface area (TPSA) is 67.4 Å². The van der Waals surface area contributed by atoms with Gasteiger partial charge in [-0.15, -0.1) is 0 Å². The molecule has 20 heavy (non-hydrogen) atoms. The van der Waals surface area contributed by atoms with Gasteiger partial charge in [0.25, 0.3) is 0 Å². The SMILES string of the molecule is CCOC(=O)CCCNC(=O)Nc1cc(F)ccc1C. The summed E-state index contributed by atoms with van der Waals surface area (Å²) < 4.78 is 17.8. The number of urea groups is 1. The Morgan fingerprint density at radius 2 is 2.10 bits per heavy atom. The second-order valence-electron chi connectivity index (χ2n) is 4.25. The van der Waals surface area contributed by atoms with E-state index in [0.717, 1.165) is 5.56 Å². The van der Waals surface area contributed by atoms with Gasteiger partial charge in [-0.05, 0) is 38.0 Å². The summed E-state index contributed by atoms with van der Waals surface area (Å²) in [4.78, 5) is 22.7. The second-order valence-corrected chi connectivity index (χ2v) is 4.25. The highest BCUT2D eigenvalue weighted by atomic mass is 19.1. The van der Waals surface area contributed by atoms with Crippen molar-refractivity contribution in [3.05, 3.63) is 29.6 Å². The van der Waals surface area contributed by atoms with Crippen LogP contribution in [0, 0.1) is 12.7 Å². The van der Waals surface area contributed by atoms with Crippen LogP contribution in [0.5, 0.6) is 0 Å². The first kappa shape index (κ1) is 15.9. The lowest BCUT2D eigenvalue weighted by Gasteiger charge is -2.09. The van der Waals surface area contributed by atoms with Crippen LogP contribution in [0.2, 0.25) is 0 Å². The van der Waals surface area contributed by atoms with Crippen molar-refractivity contribution < 1.29 is 18.7 Å². The van der Waals surface area contributed by atoms with Gasteiger partial charge in [0.15, 0.2) is 0 Å². The number of aryl methyl sites for hydroxylation is 1. The minimum absolute atomic E-state index is 0.257. The zero-order chi connectivity index (χ0) is 15.0. The van der Waals surface area contributed by atoms with Crippen LogP contribution >= 0.6 is 0 Å². The van der Waals surface area contributed by atoms with Crippen LogP contribution in [0.3, 0.4) is 0 Å². The van der Waals surface area contributed by atoms with Gasteiger partial charge in [-0.2, -0.15) is 0 Å². The number of amides is 2. The van der Waals surface area contributed by atoms with Gasteiger partial charge in [0.2, 0.25) is 0 Å². The van der Waals surface area contributed by atoms with Gasteiger partial charge in [0, 0.05) is 18.7 Å². The summed E-state index contributed by atoms with van der Waals surface area (Å²) in [5, 5.41) is 5.15. The van der Waals surface area contributed by atoms with Gasteiger partial charge in [-0.1, -0.05) is 6.07 Å². The van der Waals surface area contributed by atoms with E-state index in [1.54, 1.807) is 19.9 Å². The van der Waals surface area contributed by atoms with Gasteiger partial charge in [0.05, 0.1) is 6.61 Å². The predicted octanol–water partition coefficient (Wildman–Crippen LogP) is 2.60. The lowest BCUT2D eigenvalue weighted by Crippen LogP contribution is -2.30. The molecule has 6 heteroatoms. The van der Waals surface area contributed by atoms with Crippen molar-refractivity contribution in [1.29, 1.82) is 0 Å². The van der Waals surface area contributed by atoms with E-state index in [0.29, 0.717) is 25.3 Å². The molecule has 1 aromatic carbocycles. The molecule has 0 atom stereocenters. The van der Waals surface area contributed by atoms with Crippen LogP contribution in [-0.4, -0.2) is 25.2 Å². The van der Waals surface area contributed by atoms with E-state index in [1.165, 1.54) is 12.1 Å². The molecule has 0 bridgehead atoms. The van der Waals surface area contributed by atoms with E-state index in [4.69, 9.17) is 4.74 Å². The zero-order valence-corrected chi connectivity index (χ0v) is 11.7. The summed E-state index contributed by atoms with van der Waals surface area (Å²) in [6, 6.07) is 3.75. The molecule has 0 aliphatic heterocycles. The highest BCUT2D eigenvalue weighted by Crippen LogP contribution is 2.15. The predicted molar refractivity (Wildman–Crippen MR) is 74.0 cm³/mol. The van der Waals surface area contributed by atoms with Crippen LogP contribution in [0.15, 0.2) is 18.2 Å². The van der Waals surface area contributed by atoms with Crippen LogP contribution in [0.1, 0.15) is 25.3 Å². The standard InChI is InChI=1S/C14H19FN2O3/c1-3-20-13(18)5-4-8-16-14(19)17-12-9-11(15)7-6-10(12)2/h6-7,9H,3-5,8H2,1-2H3,(H2,16,17,19). The second kappa shape index (κ2) is 8.14. The van der Waals surface area contributed by atoms with Crippen LogP contribution in [0.25, 0.3) is 0 Å². The molecule has 0 aromatic heterocycles. The molecule has 2 amide bonds. The molecule has 0 heterocycles. The zero-order valence-electron chi connectivity index (χ0n) is 11.7. The summed E-state index contributed by atoms with van der Waals surface area (Å²) >= 11 is 0. The Morgan fingerprint density at radius 3 is 2.80 bits per heavy atom. The Hall–Kier alpha value is -2.11. The molecular formula is C14H19FN2O3. The molecule has 2 N–H and O–H groups in total. The molecule has 0 saturated heterocycles. The maximum absolute atomic E-state index is 13.0. The van der Waals surface area contributed by atoms with Crippen molar-refractivity contribution in [2.75, 3.05) is 18.5 Å². The third-order valence-electron chi connectivity index (χ3n) is 2.60. The number of nitrogens with one attached hydrogen (secondary N) is 2. The minimum Gasteiger partial charge on any atom is -0.466 e. The molecule has 0 unspecified atom stereocenters. The lowest BCUT2D eigenvalue weighted by atomic mass is 10.2. The van der Waals surface area contributed by atoms with Crippen molar-refractivity contribution in [1.82, 2.24) is 5.32 Å². The third-order valence-corrected chi connectivity index (χ3v) is 2.60. The minimum atomic E-state index is -0.428. The smallest absolute Gasteiger partial charge is 0.319 e. The summed E-state index contributed by atoms with van der Waals surface area (Å²) in [7, 11) is 0. The van der Waals surface area contributed by atoms with Gasteiger partial charge >= 0.3 is 12.0 Å². The lowest BCUT2D eigenvalue weighted by molar-refractivity contribution is -0.143. The normalized spacial score (nSPS) is 9.95. The fourth-order valence-electron chi connectivity index (χ4n) is 1.56. The molecule has 0 spiro atoms. The monoisotopic (exact) mass is 282 g/mol. The average Bonchev–Trinajstić information content (AvgIpc) is 2.39. The molecule has 0 saturated carbocycles. The molecule has 0 fully saturated rings. The molecule has 5 nitrogen and oxygen atoms in total. The van der Waals surface area contributed by atoms with Crippen molar-refractivity contribution >= 4 is 17.7 Å². The number of esters is 1. The molecule has 0 aliphatic carbocycles. The number of carbonyl (C=O) groups excluding carboxylic acids is 2. The van der Waals surface area contributed by atoms with Gasteiger partial charge in [0.1, 0.15) is 5.82 Å². The highest BCUT2D eigenvalue weighted by molar-refractivity contribution is 5.90. The van der Waals surface area contributed by atoms with Crippen molar-refractivity contribution in [2.45, 2.75) is 26.7 Å². The number of hydrogen-bond donors (Lipinski definition) is 2. The van der Waals surface area contributed by atoms with E-state index in [1.807, 2.05) is 0 Å². The summed E-state index contributed by atoms with van der Waals surface area (Å²) in [5.74, 6) is -0.691. The Bertz CT molecular complexity index is 477. The van der Waals surface area contributed by atoms with Crippen molar-refractivity contribution in [3.8, 4) is 0 Å². The van der Waals surface area contributed by atoms with Gasteiger partial charge in [-0.3, -0.25) is 4.79 Å². The molecule has 0 radical (unpaired) electrons. The third kappa shape index (κ3) is 5.69. The molecular weight excluding hydrogens is 263 g/mol. The van der Waals surface area contributed by atoms with Crippen LogP contribution in [-0.2, 0) is 9.53 Å². The van der Waals surface area contributed by atoms with E-state index in [9.17, 15) is 14.0 Å². The fourth-order valence-corrected chi connectivity index (χ4v) is 1.56. The van der Waals surface area contributed by atoms with Crippen molar-refractivity contribution in [2.24, 2.45) is 0 Å². The molecule has 1 rings (SSSR count). The van der Waals surface area contributed by atoms with Gasteiger partial charge in [-0.25, -0.2) is 9.18 Å². The highest BCUT2D eigenvalue weighted by Gasteiger charge is 2.06. The van der Waals surface area contributed by atoms with E-state index >= 15 is 0 Å². The Balaban J connectivity index is 2.30. The number of anilines is 1. The number of benzene rings is 1. The largest absolute Gasteiger partial charge is 0.466 e. The maximum atomic E-state index is 13.0. The summed E-state index contributed by atoms with van der Waals surface area (Å²) in [6.45, 7) is 4.21. The number of rotatable bonds is 6. The summed E-state index contributed by atoms with van der Waals surface area (Å²) in [5.41, 5.74) is 1.20. The fraction of sp³-hybridized carbons (Fsp3) is 0.429. The van der Waals surface area contributed by atoms with E-state index < -0.39 is 11.8 Å². The van der Waals surface area contributed by atoms with Crippen molar-refractivity contribution in [3.63, 3.8) is 0 Å². The Morgan fingerprint density at radius 1 is 1.35 bits per heavy atom. The number of carbonyl (C=O) groups is 2. The number of hydrogen-bond acceptors (Lipinski definition) is 3. The van der Waals surface area contributed by atoms with E-state index in [-0.39, 0.29) is 12.4 Å². The number of ether oxygens (including phenoxy) is 1. The Labute approximate surface area is 117 Å². The Kier molecular flexibility index (Phi) is 6.49. The first-order valence-electron chi connectivity index (χ1n) is 6.49. The average molecular weight is 282 g/mol.